The second-order valence-electron chi connectivity index (χ2n) is 6.97. The Morgan fingerprint density at radius 3 is 2.46 bits per heavy atom. The highest BCUT2D eigenvalue weighted by atomic mass is 79.9. The molecule has 4 heteroatoms. The second kappa shape index (κ2) is 10.4. The lowest BCUT2D eigenvalue weighted by atomic mass is 10.1. The summed E-state index contributed by atoms with van der Waals surface area (Å²) in [6.45, 7) is 3.35. The molecule has 0 spiro atoms. The minimum absolute atomic E-state index is 0.234. The van der Waals surface area contributed by atoms with Gasteiger partial charge >= 0.3 is 0 Å². The molecule has 0 saturated heterocycles. The fourth-order valence-corrected chi connectivity index (χ4v) is 3.39. The maximum Gasteiger partial charge on any atom is 0.124 e. The molecule has 0 aliphatic rings. The van der Waals surface area contributed by atoms with E-state index in [1.54, 1.807) is 12.1 Å². The van der Waals surface area contributed by atoms with Gasteiger partial charge in [0.25, 0.3) is 0 Å². The van der Waals surface area contributed by atoms with Crippen molar-refractivity contribution in [3.63, 3.8) is 0 Å². The summed E-state index contributed by atoms with van der Waals surface area (Å²) in [7, 11) is 0. The molecule has 146 valence electrons. The molecule has 0 unspecified atom stereocenters. The van der Waals surface area contributed by atoms with Crippen LogP contribution in [0.5, 0.6) is 5.75 Å². The van der Waals surface area contributed by atoms with Crippen molar-refractivity contribution in [1.82, 2.24) is 5.32 Å². The summed E-state index contributed by atoms with van der Waals surface area (Å²) in [5.74, 6) is 0.608. The molecule has 3 aromatic carbocycles. The molecule has 0 heterocycles. The van der Waals surface area contributed by atoms with E-state index >= 15 is 0 Å². The molecule has 28 heavy (non-hydrogen) atoms. The van der Waals surface area contributed by atoms with Gasteiger partial charge in [-0.05, 0) is 61.2 Å². The van der Waals surface area contributed by atoms with Gasteiger partial charge < -0.3 is 10.1 Å². The predicted molar refractivity (Wildman–Crippen MR) is 116 cm³/mol. The van der Waals surface area contributed by atoms with Gasteiger partial charge in [-0.3, -0.25) is 0 Å². The zero-order valence-electron chi connectivity index (χ0n) is 16.0. The molecule has 0 radical (unpaired) electrons. The SMILES string of the molecule is C[C@H](CCc1ccccc1)NCc1cc(Br)ccc1OCc1ccc(F)cc1. The van der Waals surface area contributed by atoms with Crippen LogP contribution >= 0.6 is 15.9 Å². The molecule has 0 saturated carbocycles. The number of halogens is 2. The van der Waals surface area contributed by atoms with Gasteiger partial charge in [0.15, 0.2) is 0 Å². The number of hydrogen-bond acceptors (Lipinski definition) is 2. The van der Waals surface area contributed by atoms with E-state index in [-0.39, 0.29) is 5.82 Å². The Kier molecular flexibility index (Phi) is 7.63. The van der Waals surface area contributed by atoms with E-state index in [0.29, 0.717) is 12.6 Å². The van der Waals surface area contributed by atoms with Crippen LogP contribution in [0.4, 0.5) is 4.39 Å². The van der Waals surface area contributed by atoms with Gasteiger partial charge in [0.1, 0.15) is 18.2 Å². The average Bonchev–Trinajstić information content (AvgIpc) is 2.72. The normalized spacial score (nSPS) is 12.0. The van der Waals surface area contributed by atoms with Crippen LogP contribution < -0.4 is 10.1 Å². The molecule has 1 atom stereocenters. The fourth-order valence-electron chi connectivity index (χ4n) is 2.98. The second-order valence-corrected chi connectivity index (χ2v) is 7.89. The van der Waals surface area contributed by atoms with Crippen LogP contribution in [0.25, 0.3) is 0 Å². The topological polar surface area (TPSA) is 21.3 Å². The highest BCUT2D eigenvalue weighted by Gasteiger charge is 2.08. The van der Waals surface area contributed by atoms with Crippen molar-refractivity contribution < 1.29 is 9.13 Å². The van der Waals surface area contributed by atoms with Gasteiger partial charge in [0.05, 0.1) is 0 Å². The Morgan fingerprint density at radius 1 is 0.964 bits per heavy atom. The van der Waals surface area contributed by atoms with E-state index in [1.807, 2.05) is 18.2 Å². The van der Waals surface area contributed by atoms with Crippen molar-refractivity contribution in [1.29, 1.82) is 0 Å². The molecule has 2 nitrogen and oxygen atoms in total. The standard InChI is InChI=1S/C24H25BrFNO/c1-18(7-8-19-5-3-2-4-6-19)27-16-21-15-22(25)11-14-24(21)28-17-20-9-12-23(26)13-10-20/h2-6,9-15,18,27H,7-8,16-17H2,1H3/t18-/m1/s1. The van der Waals surface area contributed by atoms with Crippen molar-refractivity contribution in [2.24, 2.45) is 0 Å². The van der Waals surface area contributed by atoms with E-state index in [4.69, 9.17) is 4.74 Å². The minimum Gasteiger partial charge on any atom is -0.489 e. The summed E-state index contributed by atoms with van der Waals surface area (Å²) < 4.78 is 20.1. The van der Waals surface area contributed by atoms with E-state index in [0.717, 1.165) is 40.7 Å². The first-order valence-corrected chi connectivity index (χ1v) is 10.3. The van der Waals surface area contributed by atoms with Crippen LogP contribution in [-0.4, -0.2) is 6.04 Å². The molecule has 1 N–H and O–H groups in total. The minimum atomic E-state index is -0.234. The third kappa shape index (κ3) is 6.47. The quantitative estimate of drug-likeness (QED) is 0.421. The predicted octanol–water partition coefficient (Wildman–Crippen LogP) is 6.28. The largest absolute Gasteiger partial charge is 0.489 e. The first kappa shape index (κ1) is 20.6. The highest BCUT2D eigenvalue weighted by Crippen LogP contribution is 2.24. The lowest BCUT2D eigenvalue weighted by Gasteiger charge is -2.17. The molecule has 0 aliphatic heterocycles. The Bertz CT molecular complexity index is 868. The van der Waals surface area contributed by atoms with Gasteiger partial charge in [-0.25, -0.2) is 4.39 Å². The fraction of sp³-hybridized carbons (Fsp3) is 0.250. The Labute approximate surface area is 174 Å². The maximum absolute atomic E-state index is 13.1. The van der Waals surface area contributed by atoms with Crippen LogP contribution in [-0.2, 0) is 19.6 Å². The Morgan fingerprint density at radius 2 is 1.71 bits per heavy atom. The summed E-state index contributed by atoms with van der Waals surface area (Å²) in [6, 6.07) is 23.4. The van der Waals surface area contributed by atoms with Gasteiger partial charge in [-0.2, -0.15) is 0 Å². The smallest absolute Gasteiger partial charge is 0.124 e. The van der Waals surface area contributed by atoms with Crippen LogP contribution in [0.1, 0.15) is 30.0 Å². The molecule has 0 bridgehead atoms. The van der Waals surface area contributed by atoms with Gasteiger partial charge in [-0.15, -0.1) is 0 Å². The molecule has 0 amide bonds. The molecule has 0 aliphatic carbocycles. The lowest BCUT2D eigenvalue weighted by Crippen LogP contribution is -2.26. The summed E-state index contributed by atoms with van der Waals surface area (Å²) in [6.07, 6.45) is 2.13. The van der Waals surface area contributed by atoms with Gasteiger partial charge in [-0.1, -0.05) is 58.4 Å². The van der Waals surface area contributed by atoms with Crippen LogP contribution in [0, 0.1) is 5.82 Å². The monoisotopic (exact) mass is 441 g/mol. The molecule has 0 aromatic heterocycles. The summed E-state index contributed by atoms with van der Waals surface area (Å²) in [4.78, 5) is 0. The summed E-state index contributed by atoms with van der Waals surface area (Å²) in [5, 5.41) is 3.59. The number of hydrogen-bond donors (Lipinski definition) is 1. The first-order valence-electron chi connectivity index (χ1n) is 9.53. The van der Waals surface area contributed by atoms with E-state index < -0.39 is 0 Å². The first-order chi connectivity index (χ1) is 13.6. The van der Waals surface area contributed by atoms with Crippen molar-refractivity contribution >= 4 is 15.9 Å². The summed E-state index contributed by atoms with van der Waals surface area (Å²) in [5.41, 5.74) is 3.41. The molecule has 3 rings (SSSR count). The molecule has 0 fully saturated rings. The van der Waals surface area contributed by atoms with Crippen molar-refractivity contribution in [2.75, 3.05) is 0 Å². The third-order valence-electron chi connectivity index (χ3n) is 4.68. The Hall–Kier alpha value is -2.17. The number of benzene rings is 3. The van der Waals surface area contributed by atoms with Crippen LogP contribution in [0.15, 0.2) is 77.3 Å². The zero-order chi connectivity index (χ0) is 19.8. The van der Waals surface area contributed by atoms with E-state index in [1.165, 1.54) is 17.7 Å². The zero-order valence-corrected chi connectivity index (χ0v) is 17.6. The number of rotatable bonds is 9. The van der Waals surface area contributed by atoms with Crippen molar-refractivity contribution in [2.45, 2.75) is 39.0 Å². The number of aryl methyl sites for hydroxylation is 1. The molecular weight excluding hydrogens is 417 g/mol. The van der Waals surface area contributed by atoms with Crippen molar-refractivity contribution in [3.8, 4) is 5.75 Å². The highest BCUT2D eigenvalue weighted by molar-refractivity contribution is 9.10. The average molecular weight is 442 g/mol. The number of nitrogens with one attached hydrogen (secondary N) is 1. The third-order valence-corrected chi connectivity index (χ3v) is 5.17. The Balaban J connectivity index is 1.55. The van der Waals surface area contributed by atoms with Crippen molar-refractivity contribution in [3.05, 3.63) is 99.8 Å². The van der Waals surface area contributed by atoms with E-state index in [2.05, 4.69) is 58.5 Å². The van der Waals surface area contributed by atoms with Gasteiger partial charge in [0.2, 0.25) is 0 Å². The van der Waals surface area contributed by atoms with Crippen LogP contribution in [0.2, 0.25) is 0 Å². The molecule has 3 aromatic rings. The lowest BCUT2D eigenvalue weighted by molar-refractivity contribution is 0.301. The van der Waals surface area contributed by atoms with Gasteiger partial charge in [0, 0.05) is 22.6 Å². The maximum atomic E-state index is 13.1. The molecular formula is C24H25BrFNO. The van der Waals surface area contributed by atoms with E-state index in [9.17, 15) is 4.39 Å². The summed E-state index contributed by atoms with van der Waals surface area (Å²) >= 11 is 3.54. The van der Waals surface area contributed by atoms with Crippen LogP contribution in [0.3, 0.4) is 0 Å². The number of ether oxygens (including phenoxy) is 1.